The van der Waals surface area contributed by atoms with Crippen molar-refractivity contribution in [1.29, 1.82) is 0 Å². The third kappa shape index (κ3) is 3.94. The molecule has 1 heterocycles. The van der Waals surface area contributed by atoms with Crippen LogP contribution in [0.3, 0.4) is 0 Å². The molecule has 4 saturated carbocycles. The molecule has 5 fully saturated rings. The van der Waals surface area contributed by atoms with E-state index in [0.717, 1.165) is 51.6 Å². The summed E-state index contributed by atoms with van der Waals surface area (Å²) in [5, 5.41) is 0. The molecule has 2 aromatic rings. The summed E-state index contributed by atoms with van der Waals surface area (Å²) in [6.45, 7) is 6.67. The van der Waals surface area contributed by atoms with Crippen LogP contribution < -0.4 is 5.73 Å². The van der Waals surface area contributed by atoms with Crippen molar-refractivity contribution < 1.29 is 9.53 Å². The summed E-state index contributed by atoms with van der Waals surface area (Å²) < 4.78 is 6.66. The van der Waals surface area contributed by atoms with E-state index in [0.29, 0.717) is 24.3 Å². The van der Waals surface area contributed by atoms with Gasteiger partial charge < -0.3 is 15.4 Å². The molecule has 2 unspecified atom stereocenters. The smallest absolute Gasteiger partial charge is 0.228 e. The quantitative estimate of drug-likeness (QED) is 0.642. The van der Waals surface area contributed by atoms with Gasteiger partial charge in [0, 0.05) is 19.1 Å². The molecule has 3 atom stereocenters. The Bertz CT molecular complexity index is 1050. The SMILES string of the molecule is CC1(C)CN(C(=O)C23CC4CC(c5ccccc5)(CC(C2)C4OCc2ccccc2)C3)CC[C@@H]1N. The number of hydrogen-bond donors (Lipinski definition) is 1. The predicted molar refractivity (Wildman–Crippen MR) is 139 cm³/mol. The lowest BCUT2D eigenvalue weighted by atomic mass is 9.41. The van der Waals surface area contributed by atoms with Crippen LogP contribution in [-0.4, -0.2) is 36.0 Å². The highest BCUT2D eigenvalue weighted by atomic mass is 16.5. The minimum absolute atomic E-state index is 0.0331. The Morgan fingerprint density at radius 2 is 1.60 bits per heavy atom. The number of piperidine rings is 1. The van der Waals surface area contributed by atoms with Crippen molar-refractivity contribution in [2.45, 2.75) is 76.5 Å². The molecule has 5 aliphatic rings. The van der Waals surface area contributed by atoms with E-state index in [4.69, 9.17) is 10.5 Å². The first-order chi connectivity index (χ1) is 16.8. The highest BCUT2D eigenvalue weighted by Gasteiger charge is 2.65. The summed E-state index contributed by atoms with van der Waals surface area (Å²) in [4.78, 5) is 16.5. The second-order valence-corrected chi connectivity index (χ2v) is 12.8. The van der Waals surface area contributed by atoms with Crippen LogP contribution >= 0.6 is 0 Å². The van der Waals surface area contributed by atoms with Crippen molar-refractivity contribution in [3.63, 3.8) is 0 Å². The zero-order chi connectivity index (χ0) is 24.3. The summed E-state index contributed by atoms with van der Waals surface area (Å²) in [6, 6.07) is 21.7. The summed E-state index contributed by atoms with van der Waals surface area (Å²) in [6.07, 6.45) is 6.35. The number of hydrogen-bond acceptors (Lipinski definition) is 3. The molecule has 186 valence electrons. The zero-order valence-electron chi connectivity index (χ0n) is 21.3. The van der Waals surface area contributed by atoms with Crippen molar-refractivity contribution in [3.8, 4) is 0 Å². The van der Waals surface area contributed by atoms with Crippen molar-refractivity contribution in [2.75, 3.05) is 13.1 Å². The van der Waals surface area contributed by atoms with E-state index in [1.807, 2.05) is 0 Å². The maximum atomic E-state index is 14.4. The van der Waals surface area contributed by atoms with Crippen LogP contribution in [0.5, 0.6) is 0 Å². The van der Waals surface area contributed by atoms with Crippen molar-refractivity contribution in [2.24, 2.45) is 28.4 Å². The molecule has 4 heteroatoms. The maximum Gasteiger partial charge on any atom is 0.228 e. The number of amides is 1. The molecule has 1 saturated heterocycles. The molecule has 2 aromatic carbocycles. The maximum absolute atomic E-state index is 14.4. The number of carbonyl (C=O) groups excluding carboxylic acids is 1. The second-order valence-electron chi connectivity index (χ2n) is 12.8. The van der Waals surface area contributed by atoms with Crippen molar-refractivity contribution >= 4 is 5.91 Å². The molecular formula is C31H40N2O2. The molecular weight excluding hydrogens is 432 g/mol. The highest BCUT2D eigenvalue weighted by Crippen LogP contribution is 2.67. The lowest BCUT2D eigenvalue weighted by Gasteiger charge is -2.64. The van der Waals surface area contributed by atoms with Gasteiger partial charge in [0.2, 0.25) is 5.91 Å². The molecule has 0 spiro atoms. The number of nitrogens with two attached hydrogens (primary N) is 1. The van der Waals surface area contributed by atoms with Crippen molar-refractivity contribution in [3.05, 3.63) is 71.8 Å². The van der Waals surface area contributed by atoms with Crippen LogP contribution in [0.15, 0.2) is 60.7 Å². The third-order valence-corrected chi connectivity index (χ3v) is 9.94. The van der Waals surface area contributed by atoms with E-state index in [1.165, 1.54) is 11.1 Å². The van der Waals surface area contributed by atoms with Gasteiger partial charge in [0.25, 0.3) is 0 Å². The Hall–Kier alpha value is -2.17. The van der Waals surface area contributed by atoms with Gasteiger partial charge in [-0.25, -0.2) is 0 Å². The van der Waals surface area contributed by atoms with Gasteiger partial charge in [-0.2, -0.15) is 0 Å². The monoisotopic (exact) mass is 472 g/mol. The van der Waals surface area contributed by atoms with Crippen LogP contribution in [0, 0.1) is 22.7 Å². The molecule has 0 radical (unpaired) electrons. The molecule has 35 heavy (non-hydrogen) atoms. The minimum Gasteiger partial charge on any atom is -0.373 e. The Balaban J connectivity index is 1.30. The molecule has 2 N–H and O–H groups in total. The van der Waals surface area contributed by atoms with Gasteiger partial charge in [-0.1, -0.05) is 74.5 Å². The number of ether oxygens (including phenoxy) is 1. The van der Waals surface area contributed by atoms with Gasteiger partial charge in [-0.05, 0) is 72.3 Å². The van der Waals surface area contributed by atoms with E-state index in [1.54, 1.807) is 0 Å². The lowest BCUT2D eigenvalue weighted by molar-refractivity contribution is -0.191. The topological polar surface area (TPSA) is 55.6 Å². The molecule has 4 aliphatic carbocycles. The van der Waals surface area contributed by atoms with Crippen LogP contribution in [0.4, 0.5) is 0 Å². The van der Waals surface area contributed by atoms with Crippen LogP contribution in [0.2, 0.25) is 0 Å². The zero-order valence-corrected chi connectivity index (χ0v) is 21.3. The van der Waals surface area contributed by atoms with E-state index < -0.39 is 0 Å². The summed E-state index contributed by atoms with van der Waals surface area (Å²) in [5.74, 6) is 1.27. The van der Waals surface area contributed by atoms with Crippen molar-refractivity contribution in [1.82, 2.24) is 4.90 Å². The van der Waals surface area contributed by atoms with Crippen LogP contribution in [0.1, 0.15) is 63.5 Å². The lowest BCUT2D eigenvalue weighted by Crippen LogP contribution is -2.65. The van der Waals surface area contributed by atoms with Gasteiger partial charge in [-0.15, -0.1) is 0 Å². The summed E-state index contributed by atoms with van der Waals surface area (Å²) >= 11 is 0. The highest BCUT2D eigenvalue weighted by molar-refractivity contribution is 5.84. The minimum atomic E-state index is -0.258. The fourth-order valence-electron chi connectivity index (χ4n) is 8.41. The Morgan fingerprint density at radius 1 is 0.971 bits per heavy atom. The molecule has 1 amide bonds. The average Bonchev–Trinajstić information content (AvgIpc) is 2.85. The number of likely N-dealkylation sites (tertiary alicyclic amines) is 1. The van der Waals surface area contributed by atoms with E-state index in [9.17, 15) is 4.79 Å². The average molecular weight is 473 g/mol. The first kappa shape index (κ1) is 23.2. The van der Waals surface area contributed by atoms with Gasteiger partial charge in [0.05, 0.1) is 18.1 Å². The summed E-state index contributed by atoms with van der Waals surface area (Å²) in [7, 11) is 0. The molecule has 0 aromatic heterocycles. The third-order valence-electron chi connectivity index (χ3n) is 9.94. The van der Waals surface area contributed by atoms with E-state index >= 15 is 0 Å². The fourth-order valence-corrected chi connectivity index (χ4v) is 8.41. The van der Waals surface area contributed by atoms with Gasteiger partial charge in [0.1, 0.15) is 0 Å². The van der Waals surface area contributed by atoms with E-state index in [2.05, 4.69) is 79.4 Å². The van der Waals surface area contributed by atoms with Gasteiger partial charge >= 0.3 is 0 Å². The number of rotatable bonds is 5. The van der Waals surface area contributed by atoms with Gasteiger partial charge in [0.15, 0.2) is 0 Å². The van der Waals surface area contributed by atoms with Crippen LogP contribution in [0.25, 0.3) is 0 Å². The standard InChI is InChI=1S/C31H40N2O2/c1-29(2)21-33(14-13-26(29)32)28(34)31-17-23-15-30(20-31,25-11-7-4-8-12-25)16-24(18-31)27(23)35-19-22-9-5-3-6-10-22/h3-12,23-24,26-27H,13-21,32H2,1-2H3/t23?,24?,26-,27?,30?,31?/m0/s1. The normalized spacial score (nSPS) is 37.4. The Labute approximate surface area is 210 Å². The van der Waals surface area contributed by atoms with Crippen LogP contribution in [-0.2, 0) is 21.6 Å². The van der Waals surface area contributed by atoms with Gasteiger partial charge in [-0.3, -0.25) is 4.79 Å². The second kappa shape index (κ2) is 8.45. The summed E-state index contributed by atoms with van der Waals surface area (Å²) in [5.41, 5.74) is 8.88. The number of benzene rings is 2. The largest absolute Gasteiger partial charge is 0.373 e. The van der Waals surface area contributed by atoms with E-state index in [-0.39, 0.29) is 28.4 Å². The number of carbonyl (C=O) groups is 1. The molecule has 7 rings (SSSR count). The molecule has 4 bridgehead atoms. The first-order valence-corrected chi connectivity index (χ1v) is 13.6. The first-order valence-electron chi connectivity index (χ1n) is 13.6. The fraction of sp³-hybridized carbons (Fsp3) is 0.581. The number of nitrogens with zero attached hydrogens (tertiary/aromatic N) is 1. The molecule has 1 aliphatic heterocycles. The Kier molecular flexibility index (Phi) is 5.61. The predicted octanol–water partition coefficient (Wildman–Crippen LogP) is 5.31. The molecule has 4 nitrogen and oxygen atoms in total. The Morgan fingerprint density at radius 3 is 2.23 bits per heavy atom.